The molecule has 1 aliphatic carbocycles. The van der Waals surface area contributed by atoms with Crippen molar-refractivity contribution in [2.45, 2.75) is 18.9 Å². The summed E-state index contributed by atoms with van der Waals surface area (Å²) in [5, 5.41) is 23.0. The predicted molar refractivity (Wildman–Crippen MR) is 71.6 cm³/mol. The number of aliphatic hydroxyl groups excluding tert-OH is 1. The van der Waals surface area contributed by atoms with Crippen molar-refractivity contribution in [3.8, 4) is 0 Å². The van der Waals surface area contributed by atoms with Gasteiger partial charge in [0.1, 0.15) is 0 Å². The van der Waals surface area contributed by atoms with Crippen molar-refractivity contribution in [1.82, 2.24) is 5.32 Å². The number of anilines is 1. The molecule has 8 heteroatoms. The van der Waals surface area contributed by atoms with Gasteiger partial charge in [-0.2, -0.15) is 0 Å². The average Bonchev–Trinajstić information content (AvgIpc) is 3.16. The molecule has 0 saturated heterocycles. The Morgan fingerprint density at radius 2 is 2.05 bits per heavy atom. The summed E-state index contributed by atoms with van der Waals surface area (Å²) in [6.07, 6.45) is 1.78. The van der Waals surface area contributed by atoms with Crippen molar-refractivity contribution in [2.24, 2.45) is 5.92 Å². The number of carbonyl (C=O) groups is 3. The number of nitrogens with one attached hydrogen (secondary N) is 2. The predicted octanol–water partition coefficient (Wildman–Crippen LogP) is 0.272. The van der Waals surface area contributed by atoms with Crippen LogP contribution in [0.1, 0.15) is 22.5 Å². The second-order valence-corrected chi connectivity index (χ2v) is 5.56. The summed E-state index contributed by atoms with van der Waals surface area (Å²) in [6, 6.07) is 1.75. The Hall–Kier alpha value is -1.93. The molecule has 1 aliphatic rings. The third-order valence-corrected chi connectivity index (χ3v) is 3.81. The molecule has 1 saturated carbocycles. The average molecular weight is 298 g/mol. The molecule has 0 spiro atoms. The molecule has 2 rings (SSSR count). The molecule has 0 bridgehead atoms. The van der Waals surface area contributed by atoms with E-state index in [0.29, 0.717) is 5.00 Å². The van der Waals surface area contributed by atoms with E-state index in [2.05, 4.69) is 10.6 Å². The smallest absolute Gasteiger partial charge is 0.328 e. The quantitative estimate of drug-likeness (QED) is 0.601. The minimum atomic E-state index is -1.34. The Labute approximate surface area is 118 Å². The first-order valence-electron chi connectivity index (χ1n) is 6.06. The van der Waals surface area contributed by atoms with E-state index in [1.165, 1.54) is 6.07 Å². The van der Waals surface area contributed by atoms with Crippen LogP contribution in [0.5, 0.6) is 0 Å². The number of aliphatic carboxylic acids is 1. The van der Waals surface area contributed by atoms with Gasteiger partial charge in [0.05, 0.1) is 16.5 Å². The van der Waals surface area contributed by atoms with E-state index in [9.17, 15) is 14.4 Å². The Bertz CT molecular complexity index is 538. The minimum absolute atomic E-state index is 0.0578. The van der Waals surface area contributed by atoms with Gasteiger partial charge in [0, 0.05) is 5.92 Å². The Balaban J connectivity index is 1.95. The molecule has 4 N–H and O–H groups in total. The van der Waals surface area contributed by atoms with Crippen LogP contribution in [0, 0.1) is 5.92 Å². The van der Waals surface area contributed by atoms with Crippen molar-refractivity contribution < 1.29 is 24.6 Å². The number of rotatable bonds is 6. The van der Waals surface area contributed by atoms with Crippen LogP contribution in [0.4, 0.5) is 5.00 Å². The zero-order valence-electron chi connectivity index (χ0n) is 10.5. The van der Waals surface area contributed by atoms with Crippen molar-refractivity contribution >= 4 is 34.1 Å². The molecule has 1 fully saturated rings. The molecule has 0 unspecified atom stereocenters. The number of hydrogen-bond acceptors (Lipinski definition) is 5. The van der Waals surface area contributed by atoms with Gasteiger partial charge in [0.15, 0.2) is 6.04 Å². The number of thiophene rings is 1. The maximum atomic E-state index is 11.8. The summed E-state index contributed by atoms with van der Waals surface area (Å²) >= 11 is 1.06. The molecular formula is C12H14N2O5S. The van der Waals surface area contributed by atoms with Crippen LogP contribution in [0.3, 0.4) is 0 Å². The van der Waals surface area contributed by atoms with Crippen LogP contribution < -0.4 is 10.6 Å². The fourth-order valence-corrected chi connectivity index (χ4v) is 2.32. The fraction of sp³-hybridized carbons (Fsp3) is 0.417. The molecule has 1 aromatic rings. The minimum Gasteiger partial charge on any atom is -0.480 e. The second kappa shape index (κ2) is 6.02. The largest absolute Gasteiger partial charge is 0.480 e. The standard InChI is InChI=1S/C12H14N2O5S/c15-5-7(12(18)19)13-11(17)8-3-4-9(20-8)14-10(16)6-1-2-6/h3-4,6-7,15H,1-2,5H2,(H,13,17)(H,14,16)(H,18,19)/t7-/m0/s1. The Morgan fingerprint density at radius 3 is 2.60 bits per heavy atom. The summed E-state index contributed by atoms with van der Waals surface area (Å²) in [7, 11) is 0. The first kappa shape index (κ1) is 14.5. The summed E-state index contributed by atoms with van der Waals surface area (Å²) in [5.74, 6) is -1.89. The summed E-state index contributed by atoms with van der Waals surface area (Å²) in [4.78, 5) is 34.3. The van der Waals surface area contributed by atoms with E-state index in [4.69, 9.17) is 10.2 Å². The van der Waals surface area contributed by atoms with Gasteiger partial charge in [-0.25, -0.2) is 4.79 Å². The monoisotopic (exact) mass is 298 g/mol. The zero-order chi connectivity index (χ0) is 14.7. The van der Waals surface area contributed by atoms with Crippen molar-refractivity contribution in [1.29, 1.82) is 0 Å². The van der Waals surface area contributed by atoms with Gasteiger partial charge in [-0.3, -0.25) is 9.59 Å². The van der Waals surface area contributed by atoms with E-state index in [-0.39, 0.29) is 16.7 Å². The van der Waals surface area contributed by atoms with Gasteiger partial charge in [-0.05, 0) is 25.0 Å². The molecule has 0 radical (unpaired) electrons. The lowest BCUT2D eigenvalue weighted by atomic mass is 10.3. The molecule has 0 aromatic carbocycles. The van der Waals surface area contributed by atoms with Crippen molar-refractivity contribution in [2.75, 3.05) is 11.9 Å². The highest BCUT2D eigenvalue weighted by Gasteiger charge is 2.30. The summed E-state index contributed by atoms with van der Waals surface area (Å²) < 4.78 is 0. The summed E-state index contributed by atoms with van der Waals surface area (Å²) in [6.45, 7) is -0.683. The highest BCUT2D eigenvalue weighted by Crippen LogP contribution is 2.31. The van der Waals surface area contributed by atoms with Gasteiger partial charge in [0.25, 0.3) is 5.91 Å². The van der Waals surface area contributed by atoms with Crippen molar-refractivity contribution in [3.63, 3.8) is 0 Å². The van der Waals surface area contributed by atoms with Gasteiger partial charge >= 0.3 is 5.97 Å². The van der Waals surface area contributed by atoms with Gasteiger partial charge in [-0.1, -0.05) is 0 Å². The molecular weight excluding hydrogens is 284 g/mol. The van der Waals surface area contributed by atoms with Crippen LogP contribution in [0.2, 0.25) is 0 Å². The Kier molecular flexibility index (Phi) is 4.35. The number of amides is 2. The number of aliphatic hydroxyl groups is 1. The number of carbonyl (C=O) groups excluding carboxylic acids is 2. The number of carboxylic acids is 1. The van der Waals surface area contributed by atoms with Gasteiger partial charge in [-0.15, -0.1) is 11.3 Å². The van der Waals surface area contributed by atoms with E-state index < -0.39 is 24.5 Å². The van der Waals surface area contributed by atoms with E-state index in [0.717, 1.165) is 24.2 Å². The lowest BCUT2D eigenvalue weighted by Crippen LogP contribution is -2.43. The van der Waals surface area contributed by atoms with Crippen LogP contribution in [0.25, 0.3) is 0 Å². The normalized spacial score (nSPS) is 15.4. The van der Waals surface area contributed by atoms with Crippen molar-refractivity contribution in [3.05, 3.63) is 17.0 Å². The fourth-order valence-electron chi connectivity index (χ4n) is 1.51. The molecule has 7 nitrogen and oxygen atoms in total. The lowest BCUT2D eigenvalue weighted by molar-refractivity contribution is -0.140. The molecule has 0 aliphatic heterocycles. The molecule has 1 aromatic heterocycles. The van der Waals surface area contributed by atoms with Gasteiger partial charge < -0.3 is 20.8 Å². The molecule has 1 heterocycles. The molecule has 2 amide bonds. The highest BCUT2D eigenvalue weighted by molar-refractivity contribution is 7.18. The van der Waals surface area contributed by atoms with E-state index in [1.807, 2.05) is 0 Å². The van der Waals surface area contributed by atoms with Crippen LogP contribution in [0.15, 0.2) is 12.1 Å². The second-order valence-electron chi connectivity index (χ2n) is 4.47. The lowest BCUT2D eigenvalue weighted by Gasteiger charge is -2.10. The first-order chi connectivity index (χ1) is 9.51. The Morgan fingerprint density at radius 1 is 1.35 bits per heavy atom. The van der Waals surface area contributed by atoms with Crippen LogP contribution >= 0.6 is 11.3 Å². The zero-order valence-corrected chi connectivity index (χ0v) is 11.3. The first-order valence-corrected chi connectivity index (χ1v) is 6.88. The van der Waals surface area contributed by atoms with E-state index >= 15 is 0 Å². The summed E-state index contributed by atoms with van der Waals surface area (Å²) in [5.41, 5.74) is 0. The topological polar surface area (TPSA) is 116 Å². The number of hydrogen-bond donors (Lipinski definition) is 4. The number of carboxylic acid groups (broad SMARTS) is 1. The molecule has 20 heavy (non-hydrogen) atoms. The molecule has 1 atom stereocenters. The maximum absolute atomic E-state index is 11.8. The molecule has 108 valence electrons. The SMILES string of the molecule is O=C(N[C@@H](CO)C(=O)O)c1ccc(NC(=O)C2CC2)s1. The van der Waals surface area contributed by atoms with Crippen LogP contribution in [-0.2, 0) is 9.59 Å². The third kappa shape index (κ3) is 3.55. The maximum Gasteiger partial charge on any atom is 0.328 e. The third-order valence-electron chi connectivity index (χ3n) is 2.81. The highest BCUT2D eigenvalue weighted by atomic mass is 32.1. The van der Waals surface area contributed by atoms with Gasteiger partial charge in [0.2, 0.25) is 5.91 Å². The van der Waals surface area contributed by atoms with E-state index in [1.54, 1.807) is 6.07 Å². The van der Waals surface area contributed by atoms with Crippen LogP contribution in [-0.4, -0.2) is 40.6 Å².